The van der Waals surface area contributed by atoms with Crippen LogP contribution >= 0.6 is 0 Å². The van der Waals surface area contributed by atoms with Gasteiger partial charge in [0, 0.05) is 11.8 Å². The first-order valence-electron chi connectivity index (χ1n) is 4.99. The molecular formula is C10H12N6O. The molecule has 0 saturated heterocycles. The number of aromatic nitrogens is 4. The number of nitrogens with two attached hydrogens (primary N) is 1. The summed E-state index contributed by atoms with van der Waals surface area (Å²) in [6.07, 6.45) is 4.55. The van der Waals surface area contributed by atoms with Crippen LogP contribution in [-0.4, -0.2) is 19.5 Å². The third-order valence-electron chi connectivity index (χ3n) is 2.20. The van der Waals surface area contributed by atoms with Crippen molar-refractivity contribution in [2.75, 3.05) is 5.43 Å². The first kappa shape index (κ1) is 11.2. The standard InChI is InChI=1S/C10H12N6O/c1-7-2-10(17)16(6-14-7)5-8-3-13-9(15-11)4-12-8/h2-4,6H,5,11H2,1H3,(H,13,15). The van der Waals surface area contributed by atoms with E-state index in [4.69, 9.17) is 5.84 Å². The summed E-state index contributed by atoms with van der Waals surface area (Å²) in [7, 11) is 0. The van der Waals surface area contributed by atoms with Gasteiger partial charge in [0.2, 0.25) is 0 Å². The third kappa shape index (κ3) is 2.64. The van der Waals surface area contributed by atoms with E-state index in [0.717, 1.165) is 0 Å². The zero-order valence-electron chi connectivity index (χ0n) is 9.29. The summed E-state index contributed by atoms with van der Waals surface area (Å²) in [6.45, 7) is 2.11. The molecule has 0 fully saturated rings. The molecule has 3 N–H and O–H groups in total. The second-order valence-electron chi connectivity index (χ2n) is 3.53. The van der Waals surface area contributed by atoms with Crippen molar-refractivity contribution in [2.24, 2.45) is 5.84 Å². The fourth-order valence-corrected chi connectivity index (χ4v) is 1.32. The molecule has 0 aliphatic carbocycles. The Kier molecular flexibility index (Phi) is 3.10. The van der Waals surface area contributed by atoms with Crippen LogP contribution in [-0.2, 0) is 6.54 Å². The van der Waals surface area contributed by atoms with Crippen LogP contribution < -0.4 is 16.8 Å². The predicted molar refractivity (Wildman–Crippen MR) is 62.2 cm³/mol. The second-order valence-corrected chi connectivity index (χ2v) is 3.53. The van der Waals surface area contributed by atoms with Gasteiger partial charge in [-0.3, -0.25) is 14.3 Å². The van der Waals surface area contributed by atoms with Gasteiger partial charge in [0.15, 0.2) is 5.82 Å². The molecule has 2 aromatic rings. The summed E-state index contributed by atoms with van der Waals surface area (Å²) in [4.78, 5) is 23.8. The molecule has 0 radical (unpaired) electrons. The number of aryl methyl sites for hydroxylation is 1. The normalized spacial score (nSPS) is 10.2. The highest BCUT2D eigenvalue weighted by Crippen LogP contribution is 2.00. The topological polar surface area (TPSA) is 98.7 Å². The monoisotopic (exact) mass is 232 g/mol. The SMILES string of the molecule is Cc1cc(=O)n(Cc2cnc(NN)cn2)cn1. The van der Waals surface area contributed by atoms with Gasteiger partial charge in [-0.05, 0) is 6.92 Å². The summed E-state index contributed by atoms with van der Waals surface area (Å²) in [5, 5.41) is 0. The van der Waals surface area contributed by atoms with E-state index in [1.54, 1.807) is 13.1 Å². The van der Waals surface area contributed by atoms with Crippen molar-refractivity contribution in [1.82, 2.24) is 19.5 Å². The van der Waals surface area contributed by atoms with Crippen LogP contribution in [0.25, 0.3) is 0 Å². The van der Waals surface area contributed by atoms with Gasteiger partial charge in [-0.2, -0.15) is 0 Å². The van der Waals surface area contributed by atoms with Crippen molar-refractivity contribution < 1.29 is 0 Å². The molecule has 7 heteroatoms. The van der Waals surface area contributed by atoms with Crippen LogP contribution in [0.1, 0.15) is 11.4 Å². The van der Waals surface area contributed by atoms with Crippen LogP contribution in [0, 0.1) is 6.92 Å². The molecule has 0 aromatic carbocycles. The van der Waals surface area contributed by atoms with Crippen molar-refractivity contribution >= 4 is 5.82 Å². The average Bonchev–Trinajstić information content (AvgIpc) is 2.34. The zero-order valence-corrected chi connectivity index (χ0v) is 9.29. The molecule has 0 bridgehead atoms. The summed E-state index contributed by atoms with van der Waals surface area (Å²) < 4.78 is 1.46. The fraction of sp³-hybridized carbons (Fsp3) is 0.200. The lowest BCUT2D eigenvalue weighted by atomic mass is 10.4. The third-order valence-corrected chi connectivity index (χ3v) is 2.20. The van der Waals surface area contributed by atoms with Gasteiger partial charge in [0.25, 0.3) is 5.56 Å². The number of nitrogen functional groups attached to an aromatic ring is 1. The van der Waals surface area contributed by atoms with Gasteiger partial charge in [0.1, 0.15) is 0 Å². The van der Waals surface area contributed by atoms with E-state index in [2.05, 4.69) is 20.4 Å². The van der Waals surface area contributed by atoms with Crippen molar-refractivity contribution in [3.8, 4) is 0 Å². The van der Waals surface area contributed by atoms with E-state index in [1.807, 2.05) is 0 Å². The average molecular weight is 232 g/mol. The summed E-state index contributed by atoms with van der Waals surface area (Å²) >= 11 is 0. The van der Waals surface area contributed by atoms with Gasteiger partial charge < -0.3 is 5.43 Å². The Balaban J connectivity index is 2.22. The summed E-state index contributed by atoms with van der Waals surface area (Å²) in [5.41, 5.74) is 3.63. The first-order valence-corrected chi connectivity index (χ1v) is 4.99. The molecule has 0 saturated carbocycles. The van der Waals surface area contributed by atoms with Crippen LogP contribution in [0.3, 0.4) is 0 Å². The maximum Gasteiger partial charge on any atom is 0.253 e. The van der Waals surface area contributed by atoms with Crippen LogP contribution in [0.5, 0.6) is 0 Å². The molecule has 0 unspecified atom stereocenters. The molecule has 88 valence electrons. The molecule has 0 aliphatic rings. The number of hydrogen-bond donors (Lipinski definition) is 2. The second kappa shape index (κ2) is 4.71. The van der Waals surface area contributed by atoms with Crippen LogP contribution in [0.2, 0.25) is 0 Å². The van der Waals surface area contributed by atoms with E-state index in [0.29, 0.717) is 23.8 Å². The van der Waals surface area contributed by atoms with Crippen molar-refractivity contribution in [2.45, 2.75) is 13.5 Å². The number of hydrogen-bond acceptors (Lipinski definition) is 6. The maximum absolute atomic E-state index is 11.6. The fourth-order valence-electron chi connectivity index (χ4n) is 1.32. The van der Waals surface area contributed by atoms with E-state index in [-0.39, 0.29) is 5.56 Å². The minimum atomic E-state index is -0.111. The zero-order chi connectivity index (χ0) is 12.3. The van der Waals surface area contributed by atoms with E-state index >= 15 is 0 Å². The highest BCUT2D eigenvalue weighted by atomic mass is 16.1. The highest BCUT2D eigenvalue weighted by molar-refractivity contribution is 5.28. The smallest absolute Gasteiger partial charge is 0.253 e. The Morgan fingerprint density at radius 1 is 1.35 bits per heavy atom. The van der Waals surface area contributed by atoms with E-state index in [1.165, 1.54) is 23.2 Å². The van der Waals surface area contributed by atoms with Gasteiger partial charge in [-0.1, -0.05) is 0 Å². The van der Waals surface area contributed by atoms with Crippen molar-refractivity contribution in [3.63, 3.8) is 0 Å². The van der Waals surface area contributed by atoms with E-state index < -0.39 is 0 Å². The molecule has 0 atom stereocenters. The summed E-state index contributed by atoms with van der Waals surface area (Å²) in [5.74, 6) is 5.65. The number of anilines is 1. The Bertz CT molecular complexity index is 562. The van der Waals surface area contributed by atoms with Gasteiger partial charge >= 0.3 is 0 Å². The highest BCUT2D eigenvalue weighted by Gasteiger charge is 2.01. The minimum Gasteiger partial charge on any atom is -0.307 e. The number of rotatable bonds is 3. The molecule has 7 nitrogen and oxygen atoms in total. The largest absolute Gasteiger partial charge is 0.307 e. The van der Waals surface area contributed by atoms with Crippen molar-refractivity contribution in [1.29, 1.82) is 0 Å². The van der Waals surface area contributed by atoms with Gasteiger partial charge in [0.05, 0.1) is 31.0 Å². The molecule has 2 rings (SSSR count). The molecule has 17 heavy (non-hydrogen) atoms. The predicted octanol–water partition coefficient (Wildman–Crippen LogP) is -0.324. The molecule has 0 spiro atoms. The van der Waals surface area contributed by atoms with Gasteiger partial charge in [-0.25, -0.2) is 15.8 Å². The van der Waals surface area contributed by atoms with Crippen LogP contribution in [0.15, 0.2) is 29.6 Å². The molecule has 2 heterocycles. The Hall–Kier alpha value is -2.28. The minimum absolute atomic E-state index is 0.111. The summed E-state index contributed by atoms with van der Waals surface area (Å²) in [6, 6.07) is 1.48. The lowest BCUT2D eigenvalue weighted by molar-refractivity contribution is 0.710. The lowest BCUT2D eigenvalue weighted by Gasteiger charge is -2.05. The lowest BCUT2D eigenvalue weighted by Crippen LogP contribution is -2.21. The quantitative estimate of drug-likeness (QED) is 0.555. The number of nitrogens with zero attached hydrogens (tertiary/aromatic N) is 4. The Morgan fingerprint density at radius 2 is 2.18 bits per heavy atom. The molecule has 0 aliphatic heterocycles. The van der Waals surface area contributed by atoms with E-state index in [9.17, 15) is 4.79 Å². The Labute approximate surface area is 97.3 Å². The van der Waals surface area contributed by atoms with Gasteiger partial charge in [-0.15, -0.1) is 0 Å². The first-order chi connectivity index (χ1) is 8.19. The Morgan fingerprint density at radius 3 is 2.76 bits per heavy atom. The molecular weight excluding hydrogens is 220 g/mol. The maximum atomic E-state index is 11.6. The van der Waals surface area contributed by atoms with Crippen LogP contribution in [0.4, 0.5) is 5.82 Å². The molecule has 2 aromatic heterocycles. The number of hydrazine groups is 1. The number of nitrogens with one attached hydrogen (secondary N) is 1. The molecule has 0 amide bonds. The van der Waals surface area contributed by atoms with Crippen molar-refractivity contribution in [3.05, 3.63) is 46.5 Å².